The lowest BCUT2D eigenvalue weighted by Gasteiger charge is -2.05. The minimum absolute atomic E-state index is 0.105. The first-order valence-corrected chi connectivity index (χ1v) is 11.9. The smallest absolute Gasteiger partial charge is 0.263 e. The number of benzene rings is 1. The highest BCUT2D eigenvalue weighted by Crippen LogP contribution is 2.19. The van der Waals surface area contributed by atoms with Crippen LogP contribution in [0.2, 0.25) is 0 Å². The van der Waals surface area contributed by atoms with Crippen molar-refractivity contribution in [3.8, 4) is 0 Å². The topological polar surface area (TPSA) is 133 Å². The van der Waals surface area contributed by atoms with Gasteiger partial charge >= 0.3 is 0 Å². The lowest BCUT2D eigenvalue weighted by molar-refractivity contribution is -0.115. The number of sulfone groups is 1. The molecule has 0 aliphatic carbocycles. The van der Waals surface area contributed by atoms with Crippen molar-refractivity contribution >= 4 is 49.0 Å². The molecule has 0 spiro atoms. The number of carbonyl (C=O) groups is 2. The van der Waals surface area contributed by atoms with Gasteiger partial charge in [-0.1, -0.05) is 22.6 Å². The van der Waals surface area contributed by atoms with Gasteiger partial charge in [0.1, 0.15) is 17.3 Å². The zero-order valence-electron chi connectivity index (χ0n) is 17.2. The second-order valence-electron chi connectivity index (χ2n) is 6.91. The van der Waals surface area contributed by atoms with Crippen LogP contribution in [0.25, 0.3) is 10.2 Å². The fourth-order valence-corrected chi connectivity index (χ4v) is 5.03. The number of fused-ring (bicyclic) bond motifs is 1. The molecule has 12 heteroatoms. The summed E-state index contributed by atoms with van der Waals surface area (Å²) in [4.78, 5) is 28.7. The second-order valence-corrected chi connectivity index (χ2v) is 9.98. The molecule has 10 nitrogen and oxygen atoms in total. The van der Waals surface area contributed by atoms with Gasteiger partial charge in [0.05, 0.1) is 16.8 Å². The fourth-order valence-electron chi connectivity index (χ4n) is 2.85. The van der Waals surface area contributed by atoms with E-state index in [4.69, 9.17) is 9.26 Å². The minimum atomic E-state index is -4.02. The van der Waals surface area contributed by atoms with E-state index in [1.54, 1.807) is 14.0 Å². The molecule has 166 valence electrons. The number of nitrogens with one attached hydrogen (secondary N) is 1. The number of carbonyl (C=O) groups excluding carboxylic acids is 2. The molecule has 3 rings (SSSR count). The first-order valence-electron chi connectivity index (χ1n) is 9.27. The van der Waals surface area contributed by atoms with Crippen LogP contribution in [0.4, 0.5) is 5.82 Å². The summed E-state index contributed by atoms with van der Waals surface area (Å²) in [5.41, 5.74) is 1.94. The number of anilines is 1. The van der Waals surface area contributed by atoms with Crippen molar-refractivity contribution in [3.63, 3.8) is 0 Å². The van der Waals surface area contributed by atoms with Gasteiger partial charge in [0.25, 0.3) is 5.91 Å². The third kappa shape index (κ3) is 6.09. The van der Waals surface area contributed by atoms with E-state index in [0.717, 1.165) is 15.8 Å². The fraction of sp³-hybridized carbons (Fsp3) is 0.368. The number of thiazole rings is 1. The van der Waals surface area contributed by atoms with E-state index in [2.05, 4.69) is 15.5 Å². The summed E-state index contributed by atoms with van der Waals surface area (Å²) in [7, 11) is -2.45. The number of methoxy groups -OCH3 is 1. The summed E-state index contributed by atoms with van der Waals surface area (Å²) < 4.78 is 37.3. The molecule has 2 amide bonds. The number of aromatic nitrogens is 2. The Morgan fingerprint density at radius 3 is 2.71 bits per heavy atom. The van der Waals surface area contributed by atoms with Crippen LogP contribution in [0.1, 0.15) is 11.3 Å². The van der Waals surface area contributed by atoms with E-state index in [1.165, 1.54) is 17.4 Å². The van der Waals surface area contributed by atoms with Crippen LogP contribution < -0.4 is 10.1 Å². The van der Waals surface area contributed by atoms with Crippen LogP contribution >= 0.6 is 11.3 Å². The van der Waals surface area contributed by atoms with Crippen LogP contribution in [0.15, 0.2) is 33.8 Å². The normalized spacial score (nSPS) is 12.4. The summed E-state index contributed by atoms with van der Waals surface area (Å²) in [5.74, 6) is -2.83. The van der Waals surface area contributed by atoms with E-state index in [0.29, 0.717) is 23.7 Å². The lowest BCUT2D eigenvalue weighted by atomic mass is 10.2. The molecule has 2 heterocycles. The molecule has 0 fully saturated rings. The van der Waals surface area contributed by atoms with Crippen molar-refractivity contribution in [2.45, 2.75) is 20.4 Å². The van der Waals surface area contributed by atoms with E-state index in [-0.39, 0.29) is 5.82 Å². The Kier molecular flexibility index (Phi) is 7.03. The SMILES string of the molecule is COCCn1c(=NC(=O)CS(=O)(=O)CC(=O)Nc2cc(C)on2)sc2cc(C)ccc21. The monoisotopic (exact) mass is 466 g/mol. The van der Waals surface area contributed by atoms with Crippen LogP contribution in [-0.4, -0.2) is 55.2 Å². The van der Waals surface area contributed by atoms with Crippen LogP contribution in [-0.2, 0) is 30.7 Å². The number of nitrogens with zero attached hydrogens (tertiary/aromatic N) is 3. The zero-order chi connectivity index (χ0) is 22.6. The van der Waals surface area contributed by atoms with Gasteiger partial charge in [-0.25, -0.2) is 8.42 Å². The van der Waals surface area contributed by atoms with Crippen LogP contribution in [0.3, 0.4) is 0 Å². The molecule has 2 aromatic heterocycles. The number of rotatable bonds is 8. The Bertz CT molecular complexity index is 1290. The first-order chi connectivity index (χ1) is 14.7. The van der Waals surface area contributed by atoms with Gasteiger partial charge < -0.3 is 19.1 Å². The van der Waals surface area contributed by atoms with Gasteiger partial charge in [0.15, 0.2) is 20.5 Å². The number of amides is 2. The van der Waals surface area contributed by atoms with Crippen LogP contribution in [0, 0.1) is 13.8 Å². The number of hydrogen-bond donors (Lipinski definition) is 1. The zero-order valence-corrected chi connectivity index (χ0v) is 18.9. The maximum atomic E-state index is 12.4. The molecule has 1 aromatic carbocycles. The van der Waals surface area contributed by atoms with Crippen LogP contribution in [0.5, 0.6) is 0 Å². The second kappa shape index (κ2) is 9.54. The average molecular weight is 467 g/mol. The molecule has 3 aromatic rings. The summed E-state index contributed by atoms with van der Waals surface area (Å²) >= 11 is 1.29. The molecule has 0 radical (unpaired) electrons. The summed E-state index contributed by atoms with van der Waals surface area (Å²) in [6, 6.07) is 7.29. The quantitative estimate of drug-likeness (QED) is 0.531. The Labute approximate surface area is 182 Å². The molecule has 0 aliphatic heterocycles. The third-order valence-corrected chi connectivity index (χ3v) is 6.60. The predicted molar refractivity (Wildman–Crippen MR) is 116 cm³/mol. The van der Waals surface area contributed by atoms with Gasteiger partial charge in [-0.05, 0) is 31.5 Å². The third-order valence-electron chi connectivity index (χ3n) is 4.17. The molecular weight excluding hydrogens is 444 g/mol. The largest absolute Gasteiger partial charge is 0.383 e. The molecule has 0 bridgehead atoms. The Morgan fingerprint density at radius 2 is 2.03 bits per heavy atom. The van der Waals surface area contributed by atoms with Gasteiger partial charge in [-0.15, -0.1) is 0 Å². The van der Waals surface area contributed by atoms with Crippen molar-refractivity contribution in [2.24, 2.45) is 4.99 Å². The summed E-state index contributed by atoms with van der Waals surface area (Å²) in [6.07, 6.45) is 0. The molecule has 31 heavy (non-hydrogen) atoms. The van der Waals surface area contributed by atoms with Gasteiger partial charge in [0, 0.05) is 19.7 Å². The maximum Gasteiger partial charge on any atom is 0.263 e. The maximum absolute atomic E-state index is 12.4. The van der Waals surface area contributed by atoms with E-state index in [1.807, 2.05) is 29.7 Å². The Balaban J connectivity index is 1.77. The average Bonchev–Trinajstić information content (AvgIpc) is 3.20. The molecule has 0 unspecified atom stereocenters. The Morgan fingerprint density at radius 1 is 1.26 bits per heavy atom. The molecule has 1 N–H and O–H groups in total. The number of aryl methyl sites for hydroxylation is 2. The van der Waals surface area contributed by atoms with Crippen molar-refractivity contribution in [3.05, 3.63) is 40.4 Å². The van der Waals surface area contributed by atoms with Crippen molar-refractivity contribution < 1.29 is 27.3 Å². The number of ether oxygens (including phenoxy) is 1. The van der Waals surface area contributed by atoms with Gasteiger partial charge in [-0.2, -0.15) is 4.99 Å². The summed E-state index contributed by atoms with van der Waals surface area (Å²) in [5, 5.41) is 5.88. The van der Waals surface area contributed by atoms with E-state index >= 15 is 0 Å². The standard InChI is InChI=1S/C19H22N4O6S2/c1-12-4-5-14-15(8-12)30-19(23(14)6-7-28-3)21-18(25)11-31(26,27)10-17(24)20-16-9-13(2)29-22-16/h4-5,8-9H,6-7,10-11H2,1-3H3,(H,20,22,24). The first kappa shape index (κ1) is 22.8. The lowest BCUT2D eigenvalue weighted by Crippen LogP contribution is -2.28. The molecule has 0 saturated carbocycles. The van der Waals surface area contributed by atoms with Gasteiger partial charge in [0.2, 0.25) is 5.91 Å². The highest BCUT2D eigenvalue weighted by atomic mass is 32.2. The predicted octanol–water partition coefficient (Wildman–Crippen LogP) is 1.43. The van der Waals surface area contributed by atoms with Crippen molar-refractivity contribution in [1.82, 2.24) is 9.72 Å². The Hall–Kier alpha value is -2.83. The minimum Gasteiger partial charge on any atom is -0.383 e. The highest BCUT2D eigenvalue weighted by Gasteiger charge is 2.22. The molecule has 0 atom stereocenters. The summed E-state index contributed by atoms with van der Waals surface area (Å²) in [6.45, 7) is 4.45. The molecule has 0 aliphatic rings. The molecule has 0 saturated heterocycles. The van der Waals surface area contributed by atoms with Crippen molar-refractivity contribution in [1.29, 1.82) is 0 Å². The van der Waals surface area contributed by atoms with E-state index in [9.17, 15) is 18.0 Å². The van der Waals surface area contributed by atoms with E-state index < -0.39 is 33.2 Å². The highest BCUT2D eigenvalue weighted by molar-refractivity contribution is 7.92. The number of hydrogen-bond acceptors (Lipinski definition) is 8. The van der Waals surface area contributed by atoms with Gasteiger partial charge in [-0.3, -0.25) is 9.59 Å². The molecular formula is C19H22N4O6S2. The van der Waals surface area contributed by atoms with Crippen molar-refractivity contribution in [2.75, 3.05) is 30.5 Å².